The molecule has 0 aromatic heterocycles. The molecule has 0 heterocycles. The summed E-state index contributed by atoms with van der Waals surface area (Å²) in [6.45, 7) is 11.6. The molecule has 0 aliphatic heterocycles. The van der Waals surface area contributed by atoms with Crippen LogP contribution in [0.1, 0.15) is 104 Å². The molecule has 2 fully saturated rings. The number of hydrogen-bond acceptors (Lipinski definition) is 0. The predicted molar refractivity (Wildman–Crippen MR) is 129 cm³/mol. The zero-order valence-electron chi connectivity index (χ0n) is 20.3. The Labute approximate surface area is 185 Å². The summed E-state index contributed by atoms with van der Waals surface area (Å²) >= 11 is 0. The Morgan fingerprint density at radius 1 is 0.600 bits per heavy atom. The fourth-order valence-electron chi connectivity index (χ4n) is 6.37. The second-order valence-corrected chi connectivity index (χ2v) is 10.8. The van der Waals surface area contributed by atoms with Crippen LogP contribution < -0.4 is 0 Å². The lowest BCUT2D eigenvalue weighted by Gasteiger charge is -2.32. The van der Waals surface area contributed by atoms with Crippen molar-refractivity contribution in [3.63, 3.8) is 0 Å². The van der Waals surface area contributed by atoms with E-state index in [2.05, 4.69) is 34.6 Å². The highest BCUT2D eigenvalue weighted by molar-refractivity contribution is 5.49. The Bertz CT molecular complexity index is 683. The molecule has 2 aliphatic rings. The van der Waals surface area contributed by atoms with Crippen molar-refractivity contribution in [3.05, 3.63) is 45.8 Å². The molecule has 30 heavy (non-hydrogen) atoms. The zero-order chi connectivity index (χ0) is 21.7. The van der Waals surface area contributed by atoms with E-state index >= 15 is 0 Å². The summed E-state index contributed by atoms with van der Waals surface area (Å²) in [5.41, 5.74) is 9.27. The van der Waals surface area contributed by atoms with E-state index in [1.165, 1.54) is 87.3 Å². The molecule has 1 heteroatoms. The molecule has 1 aromatic carbocycles. The summed E-state index contributed by atoms with van der Waals surface area (Å²) in [4.78, 5) is 0. The van der Waals surface area contributed by atoms with Crippen molar-refractivity contribution in [2.45, 2.75) is 112 Å². The molecule has 0 atom stereocenters. The van der Waals surface area contributed by atoms with Gasteiger partial charge in [-0.05, 0) is 130 Å². The lowest BCUT2D eigenvalue weighted by molar-refractivity contribution is 0.217. The van der Waals surface area contributed by atoms with Crippen LogP contribution >= 0.6 is 0 Å². The van der Waals surface area contributed by atoms with Gasteiger partial charge in [0.2, 0.25) is 0 Å². The molecule has 0 amide bonds. The van der Waals surface area contributed by atoms with Crippen molar-refractivity contribution in [1.29, 1.82) is 0 Å². The summed E-state index contributed by atoms with van der Waals surface area (Å²) in [6, 6.07) is 0. The number of allylic oxidation sites excluding steroid dienone is 1. The van der Waals surface area contributed by atoms with Gasteiger partial charge in [0.05, 0.1) is 6.33 Å². The van der Waals surface area contributed by atoms with Crippen LogP contribution in [0.5, 0.6) is 0 Å². The van der Waals surface area contributed by atoms with Crippen molar-refractivity contribution >= 4 is 0 Å². The van der Waals surface area contributed by atoms with Crippen LogP contribution in [0.25, 0.3) is 0 Å². The molecule has 0 unspecified atom stereocenters. The Hall–Kier alpha value is -1.11. The molecular weight excluding hydrogens is 367 g/mol. The molecule has 0 nitrogen and oxygen atoms in total. The topological polar surface area (TPSA) is 0 Å². The first-order chi connectivity index (χ1) is 14.4. The minimum Gasteiger partial charge on any atom is -0.216 e. The SMILES string of the molecule is Cc1c(C)c(C)c(CC2CCC(CCC3CCC(C/C=C/F)CC3)CC2)c(C)c1C. The van der Waals surface area contributed by atoms with Crippen LogP contribution in [0.4, 0.5) is 4.39 Å². The van der Waals surface area contributed by atoms with Gasteiger partial charge in [0, 0.05) is 0 Å². The Kier molecular flexibility index (Phi) is 8.61. The van der Waals surface area contributed by atoms with Gasteiger partial charge in [0.1, 0.15) is 0 Å². The lowest BCUT2D eigenvalue weighted by atomic mass is 9.73. The highest BCUT2D eigenvalue weighted by Gasteiger charge is 2.25. The van der Waals surface area contributed by atoms with Gasteiger partial charge >= 0.3 is 0 Å². The molecule has 0 spiro atoms. The van der Waals surface area contributed by atoms with Crippen LogP contribution in [0.15, 0.2) is 12.4 Å². The summed E-state index contributed by atoms with van der Waals surface area (Å²) in [7, 11) is 0. The molecule has 0 saturated heterocycles. The van der Waals surface area contributed by atoms with Crippen molar-refractivity contribution in [2.75, 3.05) is 0 Å². The van der Waals surface area contributed by atoms with Gasteiger partial charge in [-0.2, -0.15) is 0 Å². The molecular formula is C29H45F. The maximum absolute atomic E-state index is 12.2. The number of benzene rings is 1. The van der Waals surface area contributed by atoms with E-state index in [1.54, 1.807) is 22.8 Å². The van der Waals surface area contributed by atoms with Crippen molar-refractivity contribution in [3.8, 4) is 0 Å². The molecule has 0 N–H and O–H groups in total. The average Bonchev–Trinajstić information content (AvgIpc) is 2.78. The van der Waals surface area contributed by atoms with Gasteiger partial charge in [-0.15, -0.1) is 0 Å². The third kappa shape index (κ3) is 5.77. The van der Waals surface area contributed by atoms with Crippen LogP contribution in [0.3, 0.4) is 0 Å². The third-order valence-corrected chi connectivity index (χ3v) is 9.12. The smallest absolute Gasteiger partial charge is 0.0827 e. The second kappa shape index (κ2) is 11.0. The maximum atomic E-state index is 12.2. The van der Waals surface area contributed by atoms with Gasteiger partial charge in [-0.25, -0.2) is 4.39 Å². The van der Waals surface area contributed by atoms with Gasteiger partial charge in [0.15, 0.2) is 0 Å². The van der Waals surface area contributed by atoms with Crippen LogP contribution in [-0.4, -0.2) is 0 Å². The van der Waals surface area contributed by atoms with Crippen LogP contribution in [-0.2, 0) is 6.42 Å². The molecule has 1 aromatic rings. The average molecular weight is 413 g/mol. The van der Waals surface area contributed by atoms with Gasteiger partial charge in [0.25, 0.3) is 0 Å². The summed E-state index contributed by atoms with van der Waals surface area (Å²) in [5, 5.41) is 0. The molecule has 0 bridgehead atoms. The molecule has 3 rings (SSSR count). The third-order valence-electron chi connectivity index (χ3n) is 9.12. The van der Waals surface area contributed by atoms with Crippen molar-refractivity contribution in [2.24, 2.45) is 23.7 Å². The summed E-state index contributed by atoms with van der Waals surface area (Å²) < 4.78 is 12.2. The largest absolute Gasteiger partial charge is 0.216 e. The quantitative estimate of drug-likeness (QED) is 0.419. The molecule has 2 saturated carbocycles. The summed E-state index contributed by atoms with van der Waals surface area (Å²) in [5.74, 6) is 3.54. The standard InChI is InChI=1S/C29H45F/c1-20-21(2)23(4)29(24(5)22(20)3)19-28-16-14-27(15-17-28)13-12-26-10-8-25(9-11-26)7-6-18-30/h6,18,25-28H,7-17,19H2,1-5H3/b18-6+. The fourth-order valence-corrected chi connectivity index (χ4v) is 6.37. The predicted octanol–water partition coefficient (Wildman–Crippen LogP) is 9.04. The minimum absolute atomic E-state index is 0.728. The second-order valence-electron chi connectivity index (χ2n) is 10.8. The molecule has 168 valence electrons. The maximum Gasteiger partial charge on any atom is 0.0827 e. The Balaban J connectivity index is 1.42. The van der Waals surface area contributed by atoms with Crippen molar-refractivity contribution in [1.82, 2.24) is 0 Å². The fraction of sp³-hybridized carbons (Fsp3) is 0.724. The first kappa shape index (κ1) is 23.6. The minimum atomic E-state index is 0.728. The van der Waals surface area contributed by atoms with E-state index < -0.39 is 0 Å². The Morgan fingerprint density at radius 2 is 1.00 bits per heavy atom. The van der Waals surface area contributed by atoms with Gasteiger partial charge in [-0.1, -0.05) is 44.6 Å². The number of rotatable bonds is 7. The first-order valence-corrected chi connectivity index (χ1v) is 12.7. The zero-order valence-corrected chi connectivity index (χ0v) is 20.3. The first-order valence-electron chi connectivity index (χ1n) is 12.7. The monoisotopic (exact) mass is 412 g/mol. The van der Waals surface area contributed by atoms with Crippen molar-refractivity contribution < 1.29 is 4.39 Å². The lowest BCUT2D eigenvalue weighted by Crippen LogP contribution is -2.19. The van der Waals surface area contributed by atoms with Gasteiger partial charge < -0.3 is 0 Å². The van der Waals surface area contributed by atoms with Crippen LogP contribution in [0, 0.1) is 58.3 Å². The van der Waals surface area contributed by atoms with E-state index in [0.29, 0.717) is 0 Å². The van der Waals surface area contributed by atoms with E-state index in [4.69, 9.17) is 0 Å². The summed E-state index contributed by atoms with van der Waals surface area (Å²) in [6.07, 6.45) is 18.7. The van der Waals surface area contributed by atoms with E-state index in [0.717, 1.165) is 36.4 Å². The Morgan fingerprint density at radius 3 is 1.47 bits per heavy atom. The molecule has 2 aliphatic carbocycles. The van der Waals surface area contributed by atoms with E-state index in [9.17, 15) is 4.39 Å². The number of halogens is 1. The highest BCUT2D eigenvalue weighted by atomic mass is 19.1. The van der Waals surface area contributed by atoms with Crippen LogP contribution in [0.2, 0.25) is 0 Å². The normalized spacial score (nSPS) is 27.7. The van der Waals surface area contributed by atoms with E-state index in [-0.39, 0.29) is 0 Å². The highest BCUT2D eigenvalue weighted by Crippen LogP contribution is 2.39. The number of hydrogen-bond donors (Lipinski definition) is 0. The van der Waals surface area contributed by atoms with E-state index in [1.807, 2.05) is 0 Å². The van der Waals surface area contributed by atoms with Gasteiger partial charge in [-0.3, -0.25) is 0 Å². The molecule has 0 radical (unpaired) electrons.